The van der Waals surface area contributed by atoms with Crippen LogP contribution < -0.4 is 5.32 Å². The minimum absolute atomic E-state index is 0.0118. The Hall–Kier alpha value is -0.610. The molecule has 0 aliphatic carbocycles. The van der Waals surface area contributed by atoms with Crippen LogP contribution in [0.3, 0.4) is 0 Å². The van der Waals surface area contributed by atoms with Gasteiger partial charge in [0.05, 0.1) is 17.7 Å². The van der Waals surface area contributed by atoms with Crippen LogP contribution in [0.5, 0.6) is 0 Å². The Balaban J connectivity index is 2.43. The summed E-state index contributed by atoms with van der Waals surface area (Å²) in [4.78, 5) is 15.9. The van der Waals surface area contributed by atoms with Crippen molar-refractivity contribution < 1.29 is 4.79 Å². The fraction of sp³-hybridized carbons (Fsp3) is 0.429. The fourth-order valence-corrected chi connectivity index (χ4v) is 1.53. The highest BCUT2D eigenvalue weighted by molar-refractivity contribution is 7.09. The summed E-state index contributed by atoms with van der Waals surface area (Å²) < 4.78 is 0. The standard InChI is InChI=1S/C7H9ClN2OS/c1-5-6(12-4-10-5)3-9-7(11)2-8/h4H,2-3H2,1H3,(H,9,11). The third-order valence-corrected chi connectivity index (χ3v) is 2.59. The Morgan fingerprint density at radius 3 is 3.08 bits per heavy atom. The number of nitrogens with zero attached hydrogens (tertiary/aromatic N) is 1. The molecule has 1 amide bonds. The number of carbonyl (C=O) groups is 1. The summed E-state index contributed by atoms with van der Waals surface area (Å²) in [7, 11) is 0. The lowest BCUT2D eigenvalue weighted by Gasteiger charge is -1.99. The summed E-state index contributed by atoms with van der Waals surface area (Å²) in [5.74, 6) is -0.137. The molecule has 0 saturated heterocycles. The van der Waals surface area contributed by atoms with Crippen molar-refractivity contribution in [3.8, 4) is 0 Å². The molecular weight excluding hydrogens is 196 g/mol. The van der Waals surface area contributed by atoms with Gasteiger partial charge in [0.1, 0.15) is 5.88 Å². The number of nitrogens with one attached hydrogen (secondary N) is 1. The molecule has 0 aliphatic heterocycles. The molecule has 0 aromatic carbocycles. The smallest absolute Gasteiger partial charge is 0.235 e. The van der Waals surface area contributed by atoms with Gasteiger partial charge in [0.15, 0.2) is 0 Å². The molecule has 0 aliphatic rings. The van der Waals surface area contributed by atoms with E-state index >= 15 is 0 Å². The number of aryl methyl sites for hydroxylation is 1. The molecule has 0 bridgehead atoms. The molecule has 1 heterocycles. The van der Waals surface area contributed by atoms with Crippen LogP contribution in [0, 0.1) is 6.92 Å². The van der Waals surface area contributed by atoms with Gasteiger partial charge < -0.3 is 5.32 Å². The topological polar surface area (TPSA) is 42.0 Å². The summed E-state index contributed by atoms with van der Waals surface area (Å²) in [6, 6.07) is 0. The molecule has 3 nitrogen and oxygen atoms in total. The van der Waals surface area contributed by atoms with E-state index in [0.717, 1.165) is 10.6 Å². The lowest BCUT2D eigenvalue weighted by atomic mass is 10.4. The van der Waals surface area contributed by atoms with E-state index in [1.807, 2.05) is 6.92 Å². The second-order valence-corrected chi connectivity index (χ2v) is 3.48. The van der Waals surface area contributed by atoms with Gasteiger partial charge in [0.2, 0.25) is 5.91 Å². The molecule has 5 heteroatoms. The Morgan fingerprint density at radius 1 is 1.83 bits per heavy atom. The van der Waals surface area contributed by atoms with E-state index in [4.69, 9.17) is 11.6 Å². The summed E-state index contributed by atoms with van der Waals surface area (Å²) in [5.41, 5.74) is 2.73. The van der Waals surface area contributed by atoms with Crippen LogP contribution in [0.15, 0.2) is 5.51 Å². The summed E-state index contributed by atoms with van der Waals surface area (Å²) in [6.07, 6.45) is 0. The number of aromatic nitrogens is 1. The van der Waals surface area contributed by atoms with Gasteiger partial charge in [-0.05, 0) is 6.92 Å². The van der Waals surface area contributed by atoms with Gasteiger partial charge in [0, 0.05) is 4.88 Å². The van der Waals surface area contributed by atoms with Crippen molar-refractivity contribution >= 4 is 28.8 Å². The van der Waals surface area contributed by atoms with E-state index in [0.29, 0.717) is 6.54 Å². The average Bonchev–Trinajstić information content (AvgIpc) is 2.47. The first-order valence-electron chi connectivity index (χ1n) is 3.45. The molecule has 66 valence electrons. The fourth-order valence-electron chi connectivity index (χ4n) is 0.722. The second kappa shape index (κ2) is 4.42. The summed E-state index contributed by atoms with van der Waals surface area (Å²) in [5, 5.41) is 2.68. The molecule has 1 N–H and O–H groups in total. The van der Waals surface area contributed by atoms with Gasteiger partial charge in [-0.2, -0.15) is 0 Å². The van der Waals surface area contributed by atoms with Crippen molar-refractivity contribution in [1.29, 1.82) is 0 Å². The lowest BCUT2D eigenvalue weighted by molar-refractivity contribution is -0.118. The highest BCUT2D eigenvalue weighted by Gasteiger charge is 2.02. The molecule has 0 fully saturated rings. The van der Waals surface area contributed by atoms with E-state index in [9.17, 15) is 4.79 Å². The van der Waals surface area contributed by atoms with Crippen LogP contribution in [0.2, 0.25) is 0 Å². The zero-order valence-electron chi connectivity index (χ0n) is 6.63. The molecule has 1 aromatic rings. The van der Waals surface area contributed by atoms with E-state index in [2.05, 4.69) is 10.3 Å². The van der Waals surface area contributed by atoms with Gasteiger partial charge in [-0.15, -0.1) is 22.9 Å². The minimum atomic E-state index is -0.149. The number of thiazole rings is 1. The molecule has 1 aromatic heterocycles. The number of hydrogen-bond donors (Lipinski definition) is 1. The monoisotopic (exact) mass is 204 g/mol. The first kappa shape index (κ1) is 9.48. The van der Waals surface area contributed by atoms with Gasteiger partial charge >= 0.3 is 0 Å². The van der Waals surface area contributed by atoms with Crippen LogP contribution in [-0.2, 0) is 11.3 Å². The largest absolute Gasteiger partial charge is 0.350 e. The zero-order chi connectivity index (χ0) is 8.97. The third-order valence-electron chi connectivity index (χ3n) is 1.41. The molecule has 12 heavy (non-hydrogen) atoms. The zero-order valence-corrected chi connectivity index (χ0v) is 8.21. The molecule has 0 spiro atoms. The van der Waals surface area contributed by atoms with E-state index in [-0.39, 0.29) is 11.8 Å². The number of alkyl halides is 1. The van der Waals surface area contributed by atoms with Crippen molar-refractivity contribution in [3.05, 3.63) is 16.1 Å². The molecule has 0 unspecified atom stereocenters. The van der Waals surface area contributed by atoms with Gasteiger partial charge in [0.25, 0.3) is 0 Å². The van der Waals surface area contributed by atoms with Crippen molar-refractivity contribution in [2.75, 3.05) is 5.88 Å². The SMILES string of the molecule is Cc1ncsc1CNC(=O)CCl. The molecule has 0 radical (unpaired) electrons. The molecule has 0 atom stereocenters. The van der Waals surface area contributed by atoms with Crippen molar-refractivity contribution in [2.45, 2.75) is 13.5 Å². The van der Waals surface area contributed by atoms with Crippen LogP contribution in [0.25, 0.3) is 0 Å². The Kier molecular flexibility index (Phi) is 3.49. The predicted molar refractivity (Wildman–Crippen MR) is 49.4 cm³/mol. The molecule has 1 rings (SSSR count). The number of amides is 1. The number of halogens is 1. The second-order valence-electron chi connectivity index (χ2n) is 2.27. The summed E-state index contributed by atoms with van der Waals surface area (Å²) in [6.45, 7) is 2.45. The lowest BCUT2D eigenvalue weighted by Crippen LogP contribution is -2.23. The van der Waals surface area contributed by atoms with Crippen molar-refractivity contribution in [2.24, 2.45) is 0 Å². The number of carbonyl (C=O) groups excluding carboxylic acids is 1. The predicted octanol–water partition coefficient (Wildman–Crippen LogP) is 1.31. The minimum Gasteiger partial charge on any atom is -0.350 e. The van der Waals surface area contributed by atoms with Crippen molar-refractivity contribution in [3.63, 3.8) is 0 Å². The third kappa shape index (κ3) is 2.46. The van der Waals surface area contributed by atoms with Gasteiger partial charge in [-0.25, -0.2) is 4.98 Å². The van der Waals surface area contributed by atoms with Gasteiger partial charge in [-0.1, -0.05) is 0 Å². The molecular formula is C7H9ClN2OS. The van der Waals surface area contributed by atoms with E-state index < -0.39 is 0 Å². The first-order valence-corrected chi connectivity index (χ1v) is 4.87. The first-order chi connectivity index (χ1) is 5.74. The van der Waals surface area contributed by atoms with Crippen LogP contribution in [-0.4, -0.2) is 16.8 Å². The summed E-state index contributed by atoms with van der Waals surface area (Å²) >= 11 is 6.84. The normalized spacial score (nSPS) is 9.83. The van der Waals surface area contributed by atoms with Gasteiger partial charge in [-0.3, -0.25) is 4.79 Å². The average molecular weight is 205 g/mol. The maximum absolute atomic E-state index is 10.8. The van der Waals surface area contributed by atoms with Crippen LogP contribution in [0.4, 0.5) is 0 Å². The highest BCUT2D eigenvalue weighted by Crippen LogP contribution is 2.10. The number of rotatable bonds is 3. The Labute approximate surface area is 79.8 Å². The van der Waals surface area contributed by atoms with Crippen LogP contribution in [0.1, 0.15) is 10.6 Å². The Morgan fingerprint density at radius 2 is 2.58 bits per heavy atom. The highest BCUT2D eigenvalue weighted by atomic mass is 35.5. The van der Waals surface area contributed by atoms with E-state index in [1.54, 1.807) is 5.51 Å². The Bertz CT molecular complexity index is 274. The van der Waals surface area contributed by atoms with E-state index in [1.165, 1.54) is 11.3 Å². The van der Waals surface area contributed by atoms with Crippen molar-refractivity contribution in [1.82, 2.24) is 10.3 Å². The number of hydrogen-bond acceptors (Lipinski definition) is 3. The molecule has 0 saturated carbocycles. The quantitative estimate of drug-likeness (QED) is 0.755. The maximum atomic E-state index is 10.8. The van der Waals surface area contributed by atoms with Crippen LogP contribution >= 0.6 is 22.9 Å². The maximum Gasteiger partial charge on any atom is 0.235 e.